The number of benzene rings is 1. The quantitative estimate of drug-likeness (QED) is 0.568. The van der Waals surface area contributed by atoms with Crippen molar-refractivity contribution in [3.05, 3.63) is 39.9 Å². The topological polar surface area (TPSA) is 46.4 Å². The Kier molecular flexibility index (Phi) is 3.19. The van der Waals surface area contributed by atoms with Crippen LogP contribution in [0, 0.1) is 10.1 Å². The minimum absolute atomic E-state index is 0.270. The largest absolute Gasteiger partial charge is 0.306 e. The van der Waals surface area contributed by atoms with Crippen molar-refractivity contribution in [3.8, 4) is 0 Å². The van der Waals surface area contributed by atoms with Gasteiger partial charge in [0.1, 0.15) is 0 Å². The van der Waals surface area contributed by atoms with Gasteiger partial charge in [-0.05, 0) is 38.9 Å². The molecule has 1 aliphatic rings. The maximum Gasteiger partial charge on any atom is 0.272 e. The lowest BCUT2D eigenvalue weighted by Gasteiger charge is -2.28. The fraction of sp³-hybridized carbons (Fsp3) is 0.500. The number of piperidine rings is 1. The smallest absolute Gasteiger partial charge is 0.272 e. The summed E-state index contributed by atoms with van der Waals surface area (Å²) >= 11 is 0. The van der Waals surface area contributed by atoms with Crippen molar-refractivity contribution in [2.24, 2.45) is 0 Å². The zero-order valence-corrected chi connectivity index (χ0v) is 9.43. The average molecular weight is 220 g/mol. The molecule has 0 spiro atoms. The van der Waals surface area contributed by atoms with E-state index in [1.165, 1.54) is 0 Å². The number of hydrogen-bond donors (Lipinski definition) is 0. The van der Waals surface area contributed by atoms with Crippen LogP contribution in [0.5, 0.6) is 0 Å². The lowest BCUT2D eigenvalue weighted by atomic mass is 9.88. The summed E-state index contributed by atoms with van der Waals surface area (Å²) in [4.78, 5) is 12.9. The molecule has 2 rings (SSSR count). The zero-order valence-electron chi connectivity index (χ0n) is 9.43. The van der Waals surface area contributed by atoms with Crippen LogP contribution in [0.4, 0.5) is 5.69 Å². The zero-order chi connectivity index (χ0) is 11.5. The van der Waals surface area contributed by atoms with E-state index in [1.807, 2.05) is 12.1 Å². The molecule has 0 atom stereocenters. The first-order valence-corrected chi connectivity index (χ1v) is 5.60. The first-order valence-electron chi connectivity index (χ1n) is 5.60. The van der Waals surface area contributed by atoms with E-state index in [9.17, 15) is 10.1 Å². The van der Waals surface area contributed by atoms with Crippen LogP contribution in [0.15, 0.2) is 24.3 Å². The van der Waals surface area contributed by atoms with Gasteiger partial charge in [0.15, 0.2) is 0 Å². The molecular weight excluding hydrogens is 204 g/mol. The molecule has 0 unspecified atom stereocenters. The van der Waals surface area contributed by atoms with Crippen molar-refractivity contribution >= 4 is 5.69 Å². The van der Waals surface area contributed by atoms with Crippen molar-refractivity contribution in [3.63, 3.8) is 0 Å². The first-order chi connectivity index (χ1) is 7.68. The second-order valence-corrected chi connectivity index (χ2v) is 4.39. The van der Waals surface area contributed by atoms with Crippen molar-refractivity contribution in [2.75, 3.05) is 20.1 Å². The fourth-order valence-electron chi connectivity index (χ4n) is 2.32. The normalized spacial score (nSPS) is 18.6. The number of likely N-dealkylation sites (tertiary alicyclic amines) is 1. The third-order valence-electron chi connectivity index (χ3n) is 3.29. The fourth-order valence-corrected chi connectivity index (χ4v) is 2.32. The summed E-state index contributed by atoms with van der Waals surface area (Å²) in [5.41, 5.74) is 1.18. The van der Waals surface area contributed by atoms with Gasteiger partial charge in [-0.25, -0.2) is 0 Å². The molecule has 0 radical (unpaired) electrons. The Bertz CT molecular complexity index is 384. The number of nitrogens with zero attached hydrogens (tertiary/aromatic N) is 2. The molecule has 1 aliphatic heterocycles. The second-order valence-electron chi connectivity index (χ2n) is 4.39. The predicted octanol–water partition coefficient (Wildman–Crippen LogP) is 2.40. The van der Waals surface area contributed by atoms with E-state index in [-0.39, 0.29) is 10.6 Å². The number of nitro groups is 1. The molecular formula is C12H16N2O2. The maximum atomic E-state index is 10.9. The monoisotopic (exact) mass is 220 g/mol. The molecule has 1 fully saturated rings. The van der Waals surface area contributed by atoms with Crippen LogP contribution >= 0.6 is 0 Å². The van der Waals surface area contributed by atoms with E-state index in [4.69, 9.17) is 0 Å². The number of hydrogen-bond acceptors (Lipinski definition) is 3. The minimum atomic E-state index is -0.270. The highest BCUT2D eigenvalue weighted by Crippen LogP contribution is 2.33. The highest BCUT2D eigenvalue weighted by atomic mass is 16.6. The molecule has 0 N–H and O–H groups in total. The molecule has 1 aromatic carbocycles. The summed E-state index contributed by atoms with van der Waals surface area (Å²) in [6.07, 6.45) is 2.03. The Morgan fingerprint density at radius 3 is 2.56 bits per heavy atom. The van der Waals surface area contributed by atoms with E-state index < -0.39 is 0 Å². The summed E-state index contributed by atoms with van der Waals surface area (Å²) in [6, 6.07) is 7.12. The molecule has 86 valence electrons. The summed E-state index contributed by atoms with van der Waals surface area (Å²) in [6.45, 7) is 2.05. The van der Waals surface area contributed by atoms with E-state index in [1.54, 1.807) is 12.1 Å². The standard InChI is InChI=1S/C12H16N2O2/c1-13-8-6-10(7-9-13)11-4-2-3-5-12(11)14(15)16/h2-5,10H,6-9H2,1H3. The molecule has 0 saturated carbocycles. The van der Waals surface area contributed by atoms with Crippen molar-refractivity contribution < 1.29 is 4.92 Å². The molecule has 16 heavy (non-hydrogen) atoms. The molecule has 0 aromatic heterocycles. The van der Waals surface area contributed by atoms with Crippen LogP contribution in [0.25, 0.3) is 0 Å². The van der Waals surface area contributed by atoms with Crippen LogP contribution in [-0.4, -0.2) is 30.0 Å². The van der Waals surface area contributed by atoms with Crippen LogP contribution in [0.3, 0.4) is 0 Å². The van der Waals surface area contributed by atoms with Crippen molar-refractivity contribution in [1.82, 2.24) is 4.90 Å². The van der Waals surface area contributed by atoms with Gasteiger partial charge in [-0.2, -0.15) is 0 Å². The highest BCUT2D eigenvalue weighted by Gasteiger charge is 2.24. The van der Waals surface area contributed by atoms with Gasteiger partial charge in [-0.3, -0.25) is 10.1 Å². The van der Waals surface area contributed by atoms with Crippen LogP contribution in [0.1, 0.15) is 24.3 Å². The van der Waals surface area contributed by atoms with Gasteiger partial charge in [0.2, 0.25) is 0 Å². The molecule has 4 heteroatoms. The van der Waals surface area contributed by atoms with Crippen molar-refractivity contribution in [2.45, 2.75) is 18.8 Å². The SMILES string of the molecule is CN1CCC(c2ccccc2[N+](=O)[O-])CC1. The third-order valence-corrected chi connectivity index (χ3v) is 3.29. The Morgan fingerprint density at radius 1 is 1.31 bits per heavy atom. The number of rotatable bonds is 2. The molecule has 0 aliphatic carbocycles. The molecule has 4 nitrogen and oxygen atoms in total. The Morgan fingerprint density at radius 2 is 1.94 bits per heavy atom. The maximum absolute atomic E-state index is 10.9. The second kappa shape index (κ2) is 4.61. The molecule has 1 aromatic rings. The lowest BCUT2D eigenvalue weighted by Crippen LogP contribution is -2.29. The molecule has 0 bridgehead atoms. The van der Waals surface area contributed by atoms with Gasteiger partial charge in [0, 0.05) is 11.6 Å². The van der Waals surface area contributed by atoms with Gasteiger partial charge in [0.25, 0.3) is 5.69 Å². The van der Waals surface area contributed by atoms with Crippen LogP contribution in [-0.2, 0) is 0 Å². The van der Waals surface area contributed by atoms with Crippen LogP contribution < -0.4 is 0 Å². The van der Waals surface area contributed by atoms with E-state index in [2.05, 4.69) is 11.9 Å². The van der Waals surface area contributed by atoms with Crippen molar-refractivity contribution in [1.29, 1.82) is 0 Å². The van der Waals surface area contributed by atoms with E-state index in [0.717, 1.165) is 31.5 Å². The predicted molar refractivity (Wildman–Crippen MR) is 62.6 cm³/mol. The summed E-state index contributed by atoms with van der Waals surface area (Å²) in [5.74, 6) is 0.345. The third kappa shape index (κ3) is 2.22. The Balaban J connectivity index is 2.23. The van der Waals surface area contributed by atoms with Gasteiger partial charge >= 0.3 is 0 Å². The molecule has 1 heterocycles. The van der Waals surface area contributed by atoms with Gasteiger partial charge in [-0.1, -0.05) is 18.2 Å². The molecule has 1 saturated heterocycles. The van der Waals surface area contributed by atoms with Gasteiger partial charge in [-0.15, -0.1) is 0 Å². The first kappa shape index (κ1) is 11.1. The van der Waals surface area contributed by atoms with Crippen LogP contribution in [0.2, 0.25) is 0 Å². The summed E-state index contributed by atoms with van der Waals surface area (Å²) in [7, 11) is 2.09. The lowest BCUT2D eigenvalue weighted by molar-refractivity contribution is -0.385. The molecule has 0 amide bonds. The summed E-state index contributed by atoms with van der Waals surface area (Å²) < 4.78 is 0. The Hall–Kier alpha value is -1.42. The highest BCUT2D eigenvalue weighted by molar-refractivity contribution is 5.42. The van der Waals surface area contributed by atoms with E-state index in [0.29, 0.717) is 5.92 Å². The Labute approximate surface area is 95.0 Å². The summed E-state index contributed by atoms with van der Waals surface area (Å²) in [5, 5.41) is 10.9. The number of nitro benzene ring substituents is 1. The average Bonchev–Trinajstić information content (AvgIpc) is 2.30. The number of para-hydroxylation sites is 1. The van der Waals surface area contributed by atoms with E-state index >= 15 is 0 Å². The van der Waals surface area contributed by atoms with Gasteiger partial charge in [0.05, 0.1) is 4.92 Å². The minimum Gasteiger partial charge on any atom is -0.306 e. The van der Waals surface area contributed by atoms with Gasteiger partial charge < -0.3 is 4.90 Å².